The van der Waals surface area contributed by atoms with Crippen LogP contribution in [-0.4, -0.2) is 19.7 Å². The molecule has 0 aliphatic heterocycles. The van der Waals surface area contributed by atoms with Crippen LogP contribution < -0.4 is 5.76 Å². The minimum absolute atomic E-state index is 0.464. The Morgan fingerprint density at radius 3 is 3.00 bits per heavy atom. The van der Waals surface area contributed by atoms with Crippen LogP contribution in [0.15, 0.2) is 27.5 Å². The van der Waals surface area contributed by atoms with Crippen molar-refractivity contribution >= 4 is 11.2 Å². The van der Waals surface area contributed by atoms with Crippen molar-refractivity contribution in [1.29, 1.82) is 0 Å². The molecule has 0 aliphatic carbocycles. The molecule has 3 aromatic heterocycles. The molecule has 0 unspecified atom stereocenters. The second kappa shape index (κ2) is 3.31. The number of oxazole rings is 1. The number of hydrogen-bond donors (Lipinski definition) is 1. The molecule has 0 radical (unpaired) electrons. The summed E-state index contributed by atoms with van der Waals surface area (Å²) in [7, 11) is 1.84. The number of pyridine rings is 1. The third-order valence-corrected chi connectivity index (χ3v) is 2.66. The summed E-state index contributed by atoms with van der Waals surface area (Å²) in [6.45, 7) is 1.88. The summed E-state index contributed by atoms with van der Waals surface area (Å²) >= 11 is 0. The zero-order chi connectivity index (χ0) is 12.0. The highest BCUT2D eigenvalue weighted by molar-refractivity contribution is 5.75. The maximum Gasteiger partial charge on any atom is 0.418 e. The minimum atomic E-state index is -0.488. The Morgan fingerprint density at radius 2 is 2.29 bits per heavy atom. The average molecular weight is 230 g/mol. The van der Waals surface area contributed by atoms with Crippen molar-refractivity contribution in [3.8, 4) is 11.4 Å². The van der Waals surface area contributed by atoms with E-state index in [-0.39, 0.29) is 0 Å². The van der Waals surface area contributed by atoms with Gasteiger partial charge in [0.1, 0.15) is 0 Å². The molecule has 3 aromatic rings. The van der Waals surface area contributed by atoms with Crippen LogP contribution >= 0.6 is 0 Å². The molecule has 0 atom stereocenters. The SMILES string of the molecule is Cc1cc(-c2ccnn2C)nc2[nH]c(=O)oc12. The molecule has 0 spiro atoms. The van der Waals surface area contributed by atoms with Gasteiger partial charge in [0.2, 0.25) is 0 Å². The molecule has 0 fully saturated rings. The molecule has 3 heterocycles. The van der Waals surface area contributed by atoms with E-state index in [9.17, 15) is 4.79 Å². The molecule has 0 aromatic carbocycles. The van der Waals surface area contributed by atoms with Gasteiger partial charge in [0.15, 0.2) is 11.2 Å². The Kier molecular flexibility index (Phi) is 1.91. The highest BCUT2D eigenvalue weighted by Gasteiger charge is 2.11. The summed E-state index contributed by atoms with van der Waals surface area (Å²) in [6, 6.07) is 3.74. The Labute approximate surface area is 95.9 Å². The van der Waals surface area contributed by atoms with E-state index in [0.717, 1.165) is 17.0 Å². The molecule has 0 saturated heterocycles. The van der Waals surface area contributed by atoms with Crippen LogP contribution in [0, 0.1) is 6.92 Å². The molecule has 0 amide bonds. The van der Waals surface area contributed by atoms with Gasteiger partial charge in [-0.25, -0.2) is 9.78 Å². The minimum Gasteiger partial charge on any atom is -0.406 e. The largest absolute Gasteiger partial charge is 0.418 e. The number of H-pyrrole nitrogens is 1. The Morgan fingerprint density at radius 1 is 1.47 bits per heavy atom. The van der Waals surface area contributed by atoms with Crippen LogP contribution in [0.1, 0.15) is 5.56 Å². The summed E-state index contributed by atoms with van der Waals surface area (Å²) in [5.74, 6) is -0.488. The lowest BCUT2D eigenvalue weighted by Gasteiger charge is -2.02. The fraction of sp³-hybridized carbons (Fsp3) is 0.182. The van der Waals surface area contributed by atoms with Gasteiger partial charge >= 0.3 is 5.76 Å². The van der Waals surface area contributed by atoms with Gasteiger partial charge in [0, 0.05) is 13.2 Å². The van der Waals surface area contributed by atoms with Crippen LogP contribution in [0.2, 0.25) is 0 Å². The first kappa shape index (κ1) is 9.83. The second-order valence-electron chi connectivity index (χ2n) is 3.86. The van der Waals surface area contributed by atoms with E-state index in [2.05, 4.69) is 15.1 Å². The van der Waals surface area contributed by atoms with E-state index < -0.39 is 5.76 Å². The van der Waals surface area contributed by atoms with Crippen molar-refractivity contribution in [2.75, 3.05) is 0 Å². The smallest absolute Gasteiger partial charge is 0.406 e. The van der Waals surface area contributed by atoms with Crippen LogP contribution in [0.4, 0.5) is 0 Å². The second-order valence-corrected chi connectivity index (χ2v) is 3.86. The van der Waals surface area contributed by atoms with E-state index in [1.54, 1.807) is 10.9 Å². The van der Waals surface area contributed by atoms with Crippen LogP contribution in [0.25, 0.3) is 22.6 Å². The summed E-state index contributed by atoms with van der Waals surface area (Å²) in [5.41, 5.74) is 3.47. The zero-order valence-corrected chi connectivity index (χ0v) is 9.39. The molecule has 86 valence electrons. The summed E-state index contributed by atoms with van der Waals surface area (Å²) in [4.78, 5) is 18.0. The van der Waals surface area contributed by atoms with E-state index in [1.165, 1.54) is 0 Å². The Hall–Kier alpha value is -2.37. The van der Waals surface area contributed by atoms with Crippen molar-refractivity contribution < 1.29 is 4.42 Å². The fourth-order valence-corrected chi connectivity index (χ4v) is 1.85. The molecule has 3 rings (SSSR count). The van der Waals surface area contributed by atoms with E-state index in [4.69, 9.17) is 4.42 Å². The lowest BCUT2D eigenvalue weighted by Crippen LogP contribution is -1.97. The average Bonchev–Trinajstić information content (AvgIpc) is 2.83. The molecule has 0 bridgehead atoms. The summed E-state index contributed by atoms with van der Waals surface area (Å²) in [5, 5.41) is 4.09. The molecule has 17 heavy (non-hydrogen) atoms. The lowest BCUT2D eigenvalue weighted by molar-refractivity contribution is 0.553. The standard InChI is InChI=1S/C11H10N4O2/c1-6-5-7(8-3-4-12-15(8)2)13-10-9(6)17-11(16)14-10/h3-5H,1-2H3,(H,13,14,16). The molecule has 1 N–H and O–H groups in total. The molecule has 0 aliphatic rings. The summed E-state index contributed by atoms with van der Waals surface area (Å²) in [6.07, 6.45) is 1.70. The zero-order valence-electron chi connectivity index (χ0n) is 9.39. The van der Waals surface area contributed by atoms with Gasteiger partial charge in [-0.15, -0.1) is 0 Å². The normalized spacial score (nSPS) is 11.2. The van der Waals surface area contributed by atoms with Crippen molar-refractivity contribution in [1.82, 2.24) is 19.7 Å². The highest BCUT2D eigenvalue weighted by Crippen LogP contribution is 2.21. The number of rotatable bonds is 1. The van der Waals surface area contributed by atoms with Crippen LogP contribution in [0.3, 0.4) is 0 Å². The fourth-order valence-electron chi connectivity index (χ4n) is 1.85. The predicted molar refractivity (Wildman–Crippen MR) is 61.6 cm³/mol. The number of hydrogen-bond acceptors (Lipinski definition) is 4. The van der Waals surface area contributed by atoms with E-state index >= 15 is 0 Å². The Balaban J connectivity index is 2.32. The first-order valence-corrected chi connectivity index (χ1v) is 5.14. The van der Waals surface area contributed by atoms with E-state index in [0.29, 0.717) is 11.2 Å². The molecule has 0 saturated carbocycles. The van der Waals surface area contributed by atoms with Crippen LogP contribution in [0.5, 0.6) is 0 Å². The van der Waals surface area contributed by atoms with E-state index in [1.807, 2.05) is 26.1 Å². The third-order valence-electron chi connectivity index (χ3n) is 2.66. The summed E-state index contributed by atoms with van der Waals surface area (Å²) < 4.78 is 6.73. The topological polar surface area (TPSA) is 76.7 Å². The number of aromatic amines is 1. The van der Waals surface area contributed by atoms with Crippen LogP contribution in [-0.2, 0) is 7.05 Å². The monoisotopic (exact) mass is 230 g/mol. The molecular formula is C11H10N4O2. The highest BCUT2D eigenvalue weighted by atomic mass is 16.4. The quantitative estimate of drug-likeness (QED) is 0.682. The van der Waals surface area contributed by atoms with Crippen molar-refractivity contribution in [3.05, 3.63) is 34.4 Å². The number of nitrogens with zero attached hydrogens (tertiary/aromatic N) is 3. The van der Waals surface area contributed by atoms with Gasteiger partial charge in [0.25, 0.3) is 0 Å². The first-order chi connectivity index (χ1) is 8.15. The number of aryl methyl sites for hydroxylation is 2. The number of aromatic nitrogens is 4. The van der Waals surface area contributed by atoms with Crippen molar-refractivity contribution in [3.63, 3.8) is 0 Å². The van der Waals surface area contributed by atoms with Gasteiger partial charge in [-0.3, -0.25) is 9.67 Å². The number of fused-ring (bicyclic) bond motifs is 1. The van der Waals surface area contributed by atoms with Gasteiger partial charge in [0.05, 0.1) is 11.4 Å². The van der Waals surface area contributed by atoms with Crippen molar-refractivity contribution in [2.45, 2.75) is 6.92 Å². The lowest BCUT2D eigenvalue weighted by atomic mass is 10.2. The predicted octanol–water partition coefficient (Wildman–Crippen LogP) is 1.23. The first-order valence-electron chi connectivity index (χ1n) is 5.14. The Bertz CT molecular complexity index is 750. The molecule has 6 nitrogen and oxygen atoms in total. The molecule has 6 heteroatoms. The molecular weight excluding hydrogens is 220 g/mol. The van der Waals surface area contributed by atoms with Gasteiger partial charge in [-0.1, -0.05) is 0 Å². The van der Waals surface area contributed by atoms with Gasteiger partial charge < -0.3 is 4.42 Å². The maximum absolute atomic E-state index is 11.1. The van der Waals surface area contributed by atoms with Gasteiger partial charge in [-0.2, -0.15) is 5.10 Å². The number of nitrogens with one attached hydrogen (secondary N) is 1. The van der Waals surface area contributed by atoms with Crippen molar-refractivity contribution in [2.24, 2.45) is 7.05 Å². The third kappa shape index (κ3) is 1.45. The van der Waals surface area contributed by atoms with Gasteiger partial charge in [-0.05, 0) is 24.6 Å². The maximum atomic E-state index is 11.1.